The van der Waals surface area contributed by atoms with Crippen molar-refractivity contribution in [3.8, 4) is 5.75 Å². The van der Waals surface area contributed by atoms with Gasteiger partial charge in [-0.05, 0) is 30.2 Å². The first-order chi connectivity index (χ1) is 10.1. The fourth-order valence-corrected chi connectivity index (χ4v) is 1.82. The zero-order valence-electron chi connectivity index (χ0n) is 12.1. The van der Waals surface area contributed by atoms with Gasteiger partial charge in [0.25, 0.3) is 0 Å². The lowest BCUT2D eigenvalue weighted by atomic mass is 10.2. The van der Waals surface area contributed by atoms with E-state index < -0.39 is 0 Å². The molecule has 0 fully saturated rings. The lowest BCUT2D eigenvalue weighted by Crippen LogP contribution is -2.38. The number of primary amides is 1. The zero-order chi connectivity index (χ0) is 15.1. The summed E-state index contributed by atoms with van der Waals surface area (Å²) in [5.74, 6) is 0.475. The van der Waals surface area contributed by atoms with E-state index in [1.165, 1.54) is 0 Å². The molecule has 21 heavy (non-hydrogen) atoms. The Hall–Kier alpha value is -2.33. The van der Waals surface area contributed by atoms with Crippen molar-refractivity contribution in [1.82, 2.24) is 5.32 Å². The Morgan fingerprint density at radius 2 is 1.76 bits per heavy atom. The summed E-state index contributed by atoms with van der Waals surface area (Å²) in [5, 5.41) is 3.06. The number of rotatable bonds is 7. The van der Waals surface area contributed by atoms with Gasteiger partial charge in [-0.2, -0.15) is 0 Å². The van der Waals surface area contributed by atoms with Gasteiger partial charge in [0.05, 0.1) is 6.04 Å². The number of amides is 1. The zero-order valence-corrected chi connectivity index (χ0v) is 12.1. The van der Waals surface area contributed by atoms with E-state index in [1.54, 1.807) is 6.92 Å². The molecular weight excluding hydrogens is 264 g/mol. The maximum absolute atomic E-state index is 10.9. The van der Waals surface area contributed by atoms with E-state index >= 15 is 0 Å². The molecule has 0 saturated carbocycles. The number of carbonyl (C=O) groups excluding carboxylic acids is 1. The van der Waals surface area contributed by atoms with Crippen LogP contribution in [0, 0.1) is 0 Å². The molecular formula is C17H20N2O2. The SMILES string of the molecule is C[C@@H](NCc1ccc(OCc2ccccc2)cc1)C(N)=O. The Morgan fingerprint density at radius 3 is 2.38 bits per heavy atom. The Bertz CT molecular complexity index is 567. The summed E-state index contributed by atoms with van der Waals surface area (Å²) < 4.78 is 5.72. The van der Waals surface area contributed by atoms with E-state index in [0.717, 1.165) is 16.9 Å². The molecule has 2 aromatic rings. The molecule has 0 spiro atoms. The van der Waals surface area contributed by atoms with Crippen molar-refractivity contribution < 1.29 is 9.53 Å². The Kier molecular flexibility index (Phi) is 5.35. The molecule has 0 unspecified atom stereocenters. The van der Waals surface area contributed by atoms with Crippen LogP contribution in [0.4, 0.5) is 0 Å². The Balaban J connectivity index is 1.83. The number of hydrogen-bond acceptors (Lipinski definition) is 3. The molecule has 0 aromatic heterocycles. The van der Waals surface area contributed by atoms with Crippen LogP contribution in [0.2, 0.25) is 0 Å². The maximum Gasteiger partial charge on any atom is 0.234 e. The lowest BCUT2D eigenvalue weighted by Gasteiger charge is -2.11. The third kappa shape index (κ3) is 4.93. The largest absolute Gasteiger partial charge is 0.489 e. The first-order valence-electron chi connectivity index (χ1n) is 6.93. The van der Waals surface area contributed by atoms with Crippen molar-refractivity contribution >= 4 is 5.91 Å². The number of benzene rings is 2. The van der Waals surface area contributed by atoms with E-state index in [1.807, 2.05) is 54.6 Å². The highest BCUT2D eigenvalue weighted by atomic mass is 16.5. The molecule has 1 amide bonds. The Morgan fingerprint density at radius 1 is 1.10 bits per heavy atom. The standard InChI is InChI=1S/C17H20N2O2/c1-13(17(18)20)19-11-14-7-9-16(10-8-14)21-12-15-5-3-2-4-6-15/h2-10,13,19H,11-12H2,1H3,(H2,18,20)/t13-/m1/s1. The summed E-state index contributed by atoms with van der Waals surface area (Å²) in [4.78, 5) is 10.9. The lowest BCUT2D eigenvalue weighted by molar-refractivity contribution is -0.119. The van der Waals surface area contributed by atoms with E-state index in [9.17, 15) is 4.79 Å². The second-order valence-electron chi connectivity index (χ2n) is 4.92. The third-order valence-corrected chi connectivity index (χ3v) is 3.21. The van der Waals surface area contributed by atoms with Crippen molar-refractivity contribution in [2.24, 2.45) is 5.73 Å². The molecule has 3 N–H and O–H groups in total. The first-order valence-corrected chi connectivity index (χ1v) is 6.93. The number of nitrogens with two attached hydrogens (primary N) is 1. The van der Waals surface area contributed by atoms with Crippen LogP contribution < -0.4 is 15.8 Å². The number of carbonyl (C=O) groups is 1. The summed E-state index contributed by atoms with van der Waals surface area (Å²) in [5.41, 5.74) is 7.41. The van der Waals surface area contributed by atoms with Crippen LogP contribution in [-0.4, -0.2) is 11.9 Å². The average Bonchev–Trinajstić information content (AvgIpc) is 2.52. The van der Waals surface area contributed by atoms with Gasteiger partial charge in [-0.15, -0.1) is 0 Å². The summed E-state index contributed by atoms with van der Waals surface area (Å²) in [6.45, 7) is 2.90. The van der Waals surface area contributed by atoms with Crippen LogP contribution >= 0.6 is 0 Å². The van der Waals surface area contributed by atoms with E-state index in [0.29, 0.717) is 13.2 Å². The number of ether oxygens (including phenoxy) is 1. The molecule has 0 aliphatic heterocycles. The molecule has 4 heteroatoms. The van der Waals surface area contributed by atoms with Gasteiger partial charge in [-0.1, -0.05) is 42.5 Å². The van der Waals surface area contributed by atoms with E-state index in [-0.39, 0.29) is 11.9 Å². The minimum atomic E-state index is -0.349. The molecule has 1 atom stereocenters. The fourth-order valence-electron chi connectivity index (χ4n) is 1.82. The molecule has 2 rings (SSSR count). The van der Waals surface area contributed by atoms with Gasteiger partial charge in [0, 0.05) is 6.54 Å². The Labute approximate surface area is 124 Å². The van der Waals surface area contributed by atoms with Gasteiger partial charge in [0.2, 0.25) is 5.91 Å². The van der Waals surface area contributed by atoms with Crippen molar-refractivity contribution in [2.45, 2.75) is 26.1 Å². The van der Waals surface area contributed by atoms with Gasteiger partial charge >= 0.3 is 0 Å². The van der Waals surface area contributed by atoms with Gasteiger partial charge in [-0.25, -0.2) is 0 Å². The number of hydrogen-bond donors (Lipinski definition) is 2. The van der Waals surface area contributed by atoms with Crippen LogP contribution in [0.15, 0.2) is 54.6 Å². The molecule has 2 aromatic carbocycles. The third-order valence-electron chi connectivity index (χ3n) is 3.21. The van der Waals surface area contributed by atoms with Crippen molar-refractivity contribution in [1.29, 1.82) is 0 Å². The predicted molar refractivity (Wildman–Crippen MR) is 82.7 cm³/mol. The van der Waals surface area contributed by atoms with Crippen LogP contribution in [0.5, 0.6) is 5.75 Å². The molecule has 0 heterocycles. The van der Waals surface area contributed by atoms with Crippen molar-refractivity contribution in [3.63, 3.8) is 0 Å². The summed E-state index contributed by atoms with van der Waals surface area (Å²) in [6.07, 6.45) is 0. The second kappa shape index (κ2) is 7.45. The predicted octanol–water partition coefficient (Wildman–Crippen LogP) is 2.23. The molecule has 4 nitrogen and oxygen atoms in total. The van der Waals surface area contributed by atoms with Gasteiger partial charge in [-0.3, -0.25) is 4.79 Å². The monoisotopic (exact) mass is 284 g/mol. The quantitative estimate of drug-likeness (QED) is 0.819. The van der Waals surface area contributed by atoms with Crippen LogP contribution in [0.25, 0.3) is 0 Å². The maximum atomic E-state index is 10.9. The normalized spacial score (nSPS) is 11.9. The van der Waals surface area contributed by atoms with Crippen LogP contribution in [0.3, 0.4) is 0 Å². The van der Waals surface area contributed by atoms with Crippen molar-refractivity contribution in [3.05, 3.63) is 65.7 Å². The highest BCUT2D eigenvalue weighted by Crippen LogP contribution is 2.14. The molecule has 0 bridgehead atoms. The molecule has 0 saturated heterocycles. The molecule has 0 radical (unpaired) electrons. The van der Waals surface area contributed by atoms with Gasteiger partial charge in [0.15, 0.2) is 0 Å². The second-order valence-corrected chi connectivity index (χ2v) is 4.92. The smallest absolute Gasteiger partial charge is 0.234 e. The fraction of sp³-hybridized carbons (Fsp3) is 0.235. The minimum absolute atomic E-state index is 0.334. The van der Waals surface area contributed by atoms with Crippen LogP contribution in [0.1, 0.15) is 18.1 Å². The van der Waals surface area contributed by atoms with E-state index in [4.69, 9.17) is 10.5 Å². The van der Waals surface area contributed by atoms with Gasteiger partial charge < -0.3 is 15.8 Å². The average molecular weight is 284 g/mol. The highest BCUT2D eigenvalue weighted by molar-refractivity contribution is 5.79. The van der Waals surface area contributed by atoms with E-state index in [2.05, 4.69) is 5.32 Å². The first kappa shape index (κ1) is 15.1. The topological polar surface area (TPSA) is 64.3 Å². The highest BCUT2D eigenvalue weighted by Gasteiger charge is 2.06. The summed E-state index contributed by atoms with van der Waals surface area (Å²) >= 11 is 0. The van der Waals surface area contributed by atoms with Crippen molar-refractivity contribution in [2.75, 3.05) is 0 Å². The summed E-state index contributed by atoms with van der Waals surface area (Å²) in [7, 11) is 0. The molecule has 0 aliphatic carbocycles. The van der Waals surface area contributed by atoms with Crippen LogP contribution in [-0.2, 0) is 17.9 Å². The van der Waals surface area contributed by atoms with Gasteiger partial charge in [0.1, 0.15) is 12.4 Å². The molecule has 0 aliphatic rings. The number of nitrogens with one attached hydrogen (secondary N) is 1. The molecule has 110 valence electrons. The summed E-state index contributed by atoms with van der Waals surface area (Å²) in [6, 6.07) is 17.5. The minimum Gasteiger partial charge on any atom is -0.489 e.